The minimum atomic E-state index is -2.50. The monoisotopic (exact) mass is 245 g/mol. The Morgan fingerprint density at radius 1 is 1.29 bits per heavy atom. The summed E-state index contributed by atoms with van der Waals surface area (Å²) >= 11 is 0. The number of halogens is 2. The second-order valence-corrected chi connectivity index (χ2v) is 3.68. The normalized spacial score (nSPS) is 10.7. The SMILES string of the molecule is CCCNc1nc(C)nc(OCC(F)F)c1C. The molecule has 6 heteroatoms. The molecule has 1 aromatic heterocycles. The molecule has 1 N–H and O–H groups in total. The number of alkyl halides is 2. The van der Waals surface area contributed by atoms with Gasteiger partial charge in [-0.2, -0.15) is 4.98 Å². The van der Waals surface area contributed by atoms with Crippen molar-refractivity contribution in [1.29, 1.82) is 0 Å². The molecule has 1 heterocycles. The van der Waals surface area contributed by atoms with Gasteiger partial charge in [-0.05, 0) is 20.3 Å². The zero-order valence-corrected chi connectivity index (χ0v) is 10.3. The van der Waals surface area contributed by atoms with Gasteiger partial charge in [-0.15, -0.1) is 0 Å². The van der Waals surface area contributed by atoms with E-state index in [1.807, 2.05) is 6.92 Å². The molecular formula is C11H17F2N3O. The molecule has 0 saturated carbocycles. The van der Waals surface area contributed by atoms with Crippen molar-refractivity contribution < 1.29 is 13.5 Å². The summed E-state index contributed by atoms with van der Waals surface area (Å²) < 4.78 is 29.1. The fourth-order valence-corrected chi connectivity index (χ4v) is 1.30. The van der Waals surface area contributed by atoms with Gasteiger partial charge < -0.3 is 10.1 Å². The second kappa shape index (κ2) is 6.32. The van der Waals surface area contributed by atoms with Gasteiger partial charge in [-0.25, -0.2) is 13.8 Å². The lowest BCUT2D eigenvalue weighted by atomic mass is 10.3. The maximum Gasteiger partial charge on any atom is 0.272 e. The summed E-state index contributed by atoms with van der Waals surface area (Å²) in [6.45, 7) is 5.60. The molecule has 0 amide bonds. The van der Waals surface area contributed by atoms with Gasteiger partial charge in [0.15, 0.2) is 6.61 Å². The highest BCUT2D eigenvalue weighted by atomic mass is 19.3. The number of ether oxygens (including phenoxy) is 1. The fourth-order valence-electron chi connectivity index (χ4n) is 1.30. The van der Waals surface area contributed by atoms with Gasteiger partial charge in [0.25, 0.3) is 6.43 Å². The topological polar surface area (TPSA) is 47.0 Å². The quantitative estimate of drug-likeness (QED) is 0.836. The third-order valence-electron chi connectivity index (χ3n) is 2.10. The van der Waals surface area contributed by atoms with Crippen LogP contribution in [0.1, 0.15) is 24.7 Å². The van der Waals surface area contributed by atoms with E-state index in [0.29, 0.717) is 17.2 Å². The third kappa shape index (κ3) is 4.13. The number of aryl methyl sites for hydroxylation is 1. The standard InChI is InChI=1S/C11H17F2N3O/c1-4-5-14-10-7(2)11(16-8(3)15-10)17-6-9(12)13/h9H,4-6H2,1-3H3,(H,14,15,16). The number of hydrogen-bond donors (Lipinski definition) is 1. The Balaban J connectivity index is 2.85. The van der Waals surface area contributed by atoms with Crippen molar-refractivity contribution in [3.63, 3.8) is 0 Å². The summed E-state index contributed by atoms with van der Waals surface area (Å²) in [5.74, 6) is 1.36. The zero-order chi connectivity index (χ0) is 12.8. The molecule has 0 unspecified atom stereocenters. The number of anilines is 1. The van der Waals surface area contributed by atoms with Crippen LogP contribution in [-0.2, 0) is 0 Å². The maximum absolute atomic E-state index is 12.1. The van der Waals surface area contributed by atoms with E-state index in [2.05, 4.69) is 15.3 Å². The van der Waals surface area contributed by atoms with Crippen molar-refractivity contribution >= 4 is 5.82 Å². The molecule has 0 aliphatic heterocycles. The van der Waals surface area contributed by atoms with E-state index in [4.69, 9.17) is 4.74 Å². The largest absolute Gasteiger partial charge is 0.471 e. The predicted molar refractivity (Wildman–Crippen MR) is 61.8 cm³/mol. The lowest BCUT2D eigenvalue weighted by molar-refractivity contribution is 0.0791. The summed E-state index contributed by atoms with van der Waals surface area (Å²) in [5.41, 5.74) is 0.657. The van der Waals surface area contributed by atoms with Gasteiger partial charge in [0.05, 0.1) is 5.56 Å². The van der Waals surface area contributed by atoms with Gasteiger partial charge in [0.2, 0.25) is 5.88 Å². The lowest BCUT2D eigenvalue weighted by Gasteiger charge is -2.12. The molecule has 96 valence electrons. The van der Waals surface area contributed by atoms with Crippen molar-refractivity contribution in [2.24, 2.45) is 0 Å². The van der Waals surface area contributed by atoms with Crippen molar-refractivity contribution in [2.75, 3.05) is 18.5 Å². The summed E-state index contributed by atoms with van der Waals surface area (Å²) in [4.78, 5) is 8.22. The van der Waals surface area contributed by atoms with E-state index in [-0.39, 0.29) is 5.88 Å². The molecule has 0 fully saturated rings. The Hall–Kier alpha value is -1.46. The van der Waals surface area contributed by atoms with Gasteiger partial charge in [0, 0.05) is 6.54 Å². The highest BCUT2D eigenvalue weighted by Gasteiger charge is 2.12. The Labute approximate surface area is 99.4 Å². The van der Waals surface area contributed by atoms with Crippen LogP contribution in [0.2, 0.25) is 0 Å². The molecule has 0 aliphatic carbocycles. The highest BCUT2D eigenvalue weighted by Crippen LogP contribution is 2.22. The minimum absolute atomic E-state index is 0.219. The smallest absolute Gasteiger partial charge is 0.272 e. The number of nitrogens with one attached hydrogen (secondary N) is 1. The van der Waals surface area contributed by atoms with E-state index in [0.717, 1.165) is 13.0 Å². The van der Waals surface area contributed by atoms with E-state index in [1.165, 1.54) is 0 Å². The summed E-state index contributed by atoms with van der Waals surface area (Å²) in [5, 5.41) is 3.11. The average molecular weight is 245 g/mol. The van der Waals surface area contributed by atoms with Crippen LogP contribution in [0.3, 0.4) is 0 Å². The average Bonchev–Trinajstić information content (AvgIpc) is 2.27. The summed E-state index contributed by atoms with van der Waals surface area (Å²) in [6, 6.07) is 0. The molecule has 4 nitrogen and oxygen atoms in total. The van der Waals surface area contributed by atoms with Crippen LogP contribution in [0.5, 0.6) is 5.88 Å². The third-order valence-corrected chi connectivity index (χ3v) is 2.10. The summed E-state index contributed by atoms with van der Waals surface area (Å²) in [6.07, 6.45) is -1.55. The predicted octanol–water partition coefficient (Wildman–Crippen LogP) is 2.56. The molecule has 0 saturated heterocycles. The summed E-state index contributed by atoms with van der Waals surface area (Å²) in [7, 11) is 0. The Bertz CT molecular complexity index is 372. The lowest BCUT2D eigenvalue weighted by Crippen LogP contribution is -2.12. The van der Waals surface area contributed by atoms with Crippen molar-refractivity contribution in [3.05, 3.63) is 11.4 Å². The van der Waals surface area contributed by atoms with Gasteiger partial charge >= 0.3 is 0 Å². The Kier molecular flexibility index (Phi) is 5.06. The first-order valence-electron chi connectivity index (χ1n) is 5.54. The van der Waals surface area contributed by atoms with E-state index < -0.39 is 13.0 Å². The van der Waals surface area contributed by atoms with Crippen LogP contribution in [-0.4, -0.2) is 29.5 Å². The van der Waals surface area contributed by atoms with Gasteiger partial charge in [-0.1, -0.05) is 6.92 Å². The zero-order valence-electron chi connectivity index (χ0n) is 10.3. The van der Waals surface area contributed by atoms with Crippen LogP contribution in [0.4, 0.5) is 14.6 Å². The molecule has 1 rings (SSSR count). The molecule has 0 aromatic carbocycles. The van der Waals surface area contributed by atoms with Crippen LogP contribution in [0.25, 0.3) is 0 Å². The number of aromatic nitrogens is 2. The molecule has 0 aliphatic rings. The first kappa shape index (κ1) is 13.6. The van der Waals surface area contributed by atoms with E-state index in [1.54, 1.807) is 13.8 Å². The molecule has 1 aromatic rings. The molecule has 0 radical (unpaired) electrons. The van der Waals surface area contributed by atoms with Crippen LogP contribution in [0.15, 0.2) is 0 Å². The highest BCUT2D eigenvalue weighted by molar-refractivity contribution is 5.48. The van der Waals surface area contributed by atoms with E-state index in [9.17, 15) is 8.78 Å². The fraction of sp³-hybridized carbons (Fsp3) is 0.636. The minimum Gasteiger partial charge on any atom is -0.471 e. The first-order valence-corrected chi connectivity index (χ1v) is 5.54. The van der Waals surface area contributed by atoms with Crippen molar-refractivity contribution in [2.45, 2.75) is 33.6 Å². The van der Waals surface area contributed by atoms with E-state index >= 15 is 0 Å². The van der Waals surface area contributed by atoms with Gasteiger partial charge in [-0.3, -0.25) is 0 Å². The Morgan fingerprint density at radius 2 is 2.00 bits per heavy atom. The van der Waals surface area contributed by atoms with Crippen LogP contribution < -0.4 is 10.1 Å². The second-order valence-electron chi connectivity index (χ2n) is 3.68. The first-order chi connectivity index (χ1) is 8.04. The van der Waals surface area contributed by atoms with Crippen LogP contribution in [0, 0.1) is 13.8 Å². The number of nitrogens with zero attached hydrogens (tertiary/aromatic N) is 2. The maximum atomic E-state index is 12.1. The molecular weight excluding hydrogens is 228 g/mol. The molecule has 0 atom stereocenters. The van der Waals surface area contributed by atoms with Crippen LogP contribution >= 0.6 is 0 Å². The number of rotatable bonds is 6. The van der Waals surface area contributed by atoms with Crippen molar-refractivity contribution in [3.8, 4) is 5.88 Å². The molecule has 0 bridgehead atoms. The molecule has 17 heavy (non-hydrogen) atoms. The van der Waals surface area contributed by atoms with Crippen molar-refractivity contribution in [1.82, 2.24) is 9.97 Å². The number of hydrogen-bond acceptors (Lipinski definition) is 4. The Morgan fingerprint density at radius 3 is 2.59 bits per heavy atom. The molecule has 0 spiro atoms. The van der Waals surface area contributed by atoms with Gasteiger partial charge in [0.1, 0.15) is 11.6 Å².